The van der Waals surface area contributed by atoms with Crippen molar-refractivity contribution in [3.05, 3.63) is 41.2 Å². The van der Waals surface area contributed by atoms with E-state index in [9.17, 15) is 4.79 Å². The zero-order chi connectivity index (χ0) is 22.5. The molecule has 3 N–H and O–H groups in total. The molecule has 2 aromatic heterocycles. The molecule has 0 spiro atoms. The number of benzene rings is 1. The van der Waals surface area contributed by atoms with Gasteiger partial charge in [-0.1, -0.05) is 23.8 Å². The number of piperidine rings is 1. The van der Waals surface area contributed by atoms with Gasteiger partial charge in [-0.15, -0.1) is 16.9 Å². The molecule has 0 radical (unpaired) electrons. The topological polar surface area (TPSA) is 140 Å². The van der Waals surface area contributed by atoms with Gasteiger partial charge in [-0.05, 0) is 60.6 Å². The molecule has 0 saturated carbocycles. The Morgan fingerprint density at radius 1 is 1.34 bits per heavy atom. The molecule has 1 unspecified atom stereocenters. The first-order chi connectivity index (χ1) is 15.6. The van der Waals surface area contributed by atoms with Crippen molar-refractivity contribution in [2.45, 2.75) is 43.7 Å². The Labute approximate surface area is 189 Å². The second kappa shape index (κ2) is 9.92. The molecule has 4 rings (SSSR count). The zero-order valence-electron chi connectivity index (χ0n) is 17.9. The van der Waals surface area contributed by atoms with Crippen LogP contribution in [0.15, 0.2) is 38.9 Å². The van der Waals surface area contributed by atoms with Crippen LogP contribution in [0.3, 0.4) is 0 Å². The molecule has 3 heterocycles. The molecule has 1 aliphatic rings. The average molecular weight is 456 g/mol. The number of anilines is 1. The van der Waals surface area contributed by atoms with E-state index in [1.54, 1.807) is 18.0 Å². The highest BCUT2D eigenvalue weighted by molar-refractivity contribution is 7.98. The average Bonchev–Trinajstić information content (AvgIpc) is 3.41. The number of carbonyl (C=O) groups is 1. The number of likely N-dealkylation sites (tertiary alicyclic amines) is 1. The van der Waals surface area contributed by atoms with Gasteiger partial charge in [0.05, 0.1) is 11.9 Å². The lowest BCUT2D eigenvalue weighted by molar-refractivity contribution is 0.0945. The van der Waals surface area contributed by atoms with Crippen molar-refractivity contribution in [3.63, 3.8) is 0 Å². The van der Waals surface area contributed by atoms with Crippen molar-refractivity contribution in [3.8, 4) is 5.82 Å². The van der Waals surface area contributed by atoms with Gasteiger partial charge in [0, 0.05) is 17.5 Å². The van der Waals surface area contributed by atoms with Gasteiger partial charge in [0.2, 0.25) is 11.6 Å². The summed E-state index contributed by atoms with van der Waals surface area (Å²) in [6.45, 7) is 3.55. The Kier molecular flexibility index (Phi) is 6.81. The fraction of sp³-hybridized carbons (Fsp3) is 0.400. The number of thioether (sulfide) groups is 1. The molecule has 1 aliphatic heterocycles. The van der Waals surface area contributed by atoms with Gasteiger partial charge < -0.3 is 5.73 Å². The van der Waals surface area contributed by atoms with Gasteiger partial charge >= 0.3 is 0 Å². The van der Waals surface area contributed by atoms with Gasteiger partial charge in [0.1, 0.15) is 0 Å². The van der Waals surface area contributed by atoms with Crippen LogP contribution >= 0.6 is 11.8 Å². The first-order valence-electron chi connectivity index (χ1n) is 10.3. The molecule has 1 atom stereocenters. The number of rotatable bonds is 7. The predicted molar refractivity (Wildman–Crippen MR) is 121 cm³/mol. The Bertz CT molecular complexity index is 1090. The number of nitrogens with zero attached hydrogens (tertiary/aromatic N) is 7. The molecule has 1 fully saturated rings. The molecule has 1 amide bonds. The second-order valence-corrected chi connectivity index (χ2v) is 8.44. The van der Waals surface area contributed by atoms with Crippen LogP contribution < -0.4 is 11.2 Å². The third kappa shape index (κ3) is 4.81. The number of nitrogen functional groups attached to an aromatic ring is 1. The summed E-state index contributed by atoms with van der Waals surface area (Å²) in [4.78, 5) is 16.3. The van der Waals surface area contributed by atoms with E-state index in [4.69, 9.17) is 10.4 Å². The minimum Gasteiger partial charge on any atom is -0.378 e. The van der Waals surface area contributed by atoms with Crippen molar-refractivity contribution in [1.82, 2.24) is 35.6 Å². The molecule has 32 heavy (non-hydrogen) atoms. The van der Waals surface area contributed by atoms with Gasteiger partial charge in [-0.25, -0.2) is 10.1 Å². The minimum absolute atomic E-state index is 0.0708. The lowest BCUT2D eigenvalue weighted by Crippen LogP contribution is -2.38. The number of aromatic nitrogens is 5. The first kappa shape index (κ1) is 22.0. The van der Waals surface area contributed by atoms with Crippen LogP contribution in [0.4, 0.5) is 5.82 Å². The number of carbonyl (C=O) groups excluding carboxylic acids is 1. The lowest BCUT2D eigenvalue weighted by atomic mass is 10.0. The number of amides is 1. The van der Waals surface area contributed by atoms with E-state index in [1.807, 2.05) is 30.5 Å². The summed E-state index contributed by atoms with van der Waals surface area (Å²) in [6, 6.07) is 8.22. The predicted octanol–water partition coefficient (Wildman–Crippen LogP) is 2.09. The summed E-state index contributed by atoms with van der Waals surface area (Å²) in [6.07, 6.45) is 6.98. The summed E-state index contributed by atoms with van der Waals surface area (Å²) in [7, 11) is 0. The standard InChI is InChI=1S/C20H25N9O2S/c1-13-5-3-4-10-28(13)12-16-17(23-27-29(16)19-18(21)25-31-26-19)20(30)24-22-11-14-6-8-15(32-2)9-7-14/h6-9,11,13H,3-5,10,12H2,1-2H3,(H2,21,25)(H,24,30). The third-order valence-corrected chi connectivity index (χ3v) is 6.21. The smallest absolute Gasteiger partial charge is 0.293 e. The molecule has 3 aromatic rings. The van der Waals surface area contributed by atoms with Crippen molar-refractivity contribution in [2.24, 2.45) is 5.10 Å². The fourth-order valence-electron chi connectivity index (χ4n) is 3.62. The molecule has 11 nitrogen and oxygen atoms in total. The third-order valence-electron chi connectivity index (χ3n) is 5.46. The van der Waals surface area contributed by atoms with E-state index in [-0.39, 0.29) is 17.3 Å². The van der Waals surface area contributed by atoms with Crippen LogP contribution in [0.25, 0.3) is 5.82 Å². The number of hydrogen-bond acceptors (Lipinski definition) is 10. The maximum atomic E-state index is 12.9. The highest BCUT2D eigenvalue weighted by atomic mass is 32.2. The Morgan fingerprint density at radius 2 is 2.16 bits per heavy atom. The molecule has 12 heteroatoms. The van der Waals surface area contributed by atoms with Crippen molar-refractivity contribution >= 4 is 29.7 Å². The molecule has 0 bridgehead atoms. The Balaban J connectivity index is 1.56. The van der Waals surface area contributed by atoms with Crippen LogP contribution in [0.1, 0.15) is 47.9 Å². The molecular formula is C20H25N9O2S. The SMILES string of the molecule is CSc1ccc(C=NNC(=O)c2nnn(-c3nonc3N)c2CN2CCCCC2C)cc1. The van der Waals surface area contributed by atoms with E-state index in [0.717, 1.165) is 29.8 Å². The summed E-state index contributed by atoms with van der Waals surface area (Å²) < 4.78 is 6.12. The minimum atomic E-state index is -0.470. The summed E-state index contributed by atoms with van der Waals surface area (Å²) in [5, 5.41) is 19.7. The second-order valence-electron chi connectivity index (χ2n) is 7.56. The largest absolute Gasteiger partial charge is 0.378 e. The van der Waals surface area contributed by atoms with Crippen molar-refractivity contribution in [2.75, 3.05) is 18.5 Å². The summed E-state index contributed by atoms with van der Waals surface area (Å²) >= 11 is 1.66. The summed E-state index contributed by atoms with van der Waals surface area (Å²) in [5.41, 5.74) is 9.97. The highest BCUT2D eigenvalue weighted by Gasteiger charge is 2.27. The maximum Gasteiger partial charge on any atom is 0.293 e. The molecule has 0 aliphatic carbocycles. The van der Waals surface area contributed by atoms with Crippen molar-refractivity contribution in [1.29, 1.82) is 0 Å². The van der Waals surface area contributed by atoms with Crippen LogP contribution in [-0.4, -0.2) is 61.2 Å². The van der Waals surface area contributed by atoms with Crippen molar-refractivity contribution < 1.29 is 9.42 Å². The molecular weight excluding hydrogens is 430 g/mol. The van der Waals surface area contributed by atoms with Crippen LogP contribution in [-0.2, 0) is 6.54 Å². The fourth-order valence-corrected chi connectivity index (χ4v) is 4.03. The van der Waals surface area contributed by atoms with Gasteiger partial charge in [-0.3, -0.25) is 9.69 Å². The van der Waals surface area contributed by atoms with E-state index in [0.29, 0.717) is 18.3 Å². The summed E-state index contributed by atoms with van der Waals surface area (Å²) in [5.74, 6) is -0.196. The molecule has 1 aromatic carbocycles. The van der Waals surface area contributed by atoms with E-state index >= 15 is 0 Å². The Morgan fingerprint density at radius 3 is 2.84 bits per heavy atom. The monoisotopic (exact) mass is 455 g/mol. The van der Waals surface area contributed by atoms with Crippen LogP contribution in [0.5, 0.6) is 0 Å². The maximum absolute atomic E-state index is 12.9. The normalized spacial score (nSPS) is 17.1. The van der Waals surface area contributed by atoms with Crippen LogP contribution in [0.2, 0.25) is 0 Å². The van der Waals surface area contributed by atoms with Gasteiger partial charge in [0.15, 0.2) is 5.69 Å². The Hall–Kier alpha value is -3.25. The number of nitrogens with one attached hydrogen (secondary N) is 1. The van der Waals surface area contributed by atoms with E-state index in [2.05, 4.69) is 43.0 Å². The number of nitrogens with two attached hydrogens (primary N) is 1. The van der Waals surface area contributed by atoms with E-state index in [1.165, 1.54) is 11.1 Å². The lowest BCUT2D eigenvalue weighted by Gasteiger charge is -2.33. The number of hydrazone groups is 1. The van der Waals surface area contributed by atoms with Crippen LogP contribution in [0, 0.1) is 0 Å². The quantitative estimate of drug-likeness (QED) is 0.311. The van der Waals surface area contributed by atoms with Gasteiger partial charge in [-0.2, -0.15) is 9.78 Å². The molecule has 168 valence electrons. The zero-order valence-corrected chi connectivity index (χ0v) is 18.7. The number of hydrogen-bond donors (Lipinski definition) is 2. The van der Waals surface area contributed by atoms with E-state index < -0.39 is 5.91 Å². The molecule has 1 saturated heterocycles. The first-order valence-corrected chi connectivity index (χ1v) is 11.5. The van der Waals surface area contributed by atoms with Gasteiger partial charge in [0.25, 0.3) is 5.91 Å². The highest BCUT2D eigenvalue weighted by Crippen LogP contribution is 2.22.